The number of ether oxygens (including phenoxy) is 1. The van der Waals surface area contributed by atoms with E-state index in [0.29, 0.717) is 11.5 Å². The summed E-state index contributed by atoms with van der Waals surface area (Å²) in [6, 6.07) is 14.4. The van der Waals surface area contributed by atoms with Gasteiger partial charge in [0, 0.05) is 0 Å². The molecule has 0 aliphatic heterocycles. The minimum atomic E-state index is -0.380. The fraction of sp³-hybridized carbons (Fsp3) is 0.150. The van der Waals surface area contributed by atoms with Crippen LogP contribution in [0, 0.1) is 11.6 Å². The maximum absolute atomic E-state index is 13.0. The third-order valence-electron chi connectivity index (χ3n) is 3.80. The van der Waals surface area contributed by atoms with Gasteiger partial charge in [0.2, 0.25) is 0 Å². The van der Waals surface area contributed by atoms with Crippen LogP contribution in [-0.4, -0.2) is 5.91 Å². The van der Waals surface area contributed by atoms with E-state index in [0.717, 1.165) is 5.56 Å². The average molecular weight is 357 g/mol. The van der Waals surface area contributed by atoms with Crippen molar-refractivity contribution in [2.75, 3.05) is 0 Å². The van der Waals surface area contributed by atoms with E-state index in [9.17, 15) is 13.6 Å². The number of hydrogen-bond acceptors (Lipinski definition) is 3. The highest BCUT2D eigenvalue weighted by atomic mass is 19.1. The van der Waals surface area contributed by atoms with Crippen LogP contribution in [0.2, 0.25) is 0 Å². The third-order valence-corrected chi connectivity index (χ3v) is 3.80. The lowest BCUT2D eigenvalue weighted by molar-refractivity contribution is 0.0907. The van der Waals surface area contributed by atoms with Gasteiger partial charge in [0.25, 0.3) is 5.91 Å². The van der Waals surface area contributed by atoms with Crippen LogP contribution in [0.4, 0.5) is 8.78 Å². The molecule has 0 spiro atoms. The van der Waals surface area contributed by atoms with Gasteiger partial charge in [0.05, 0.1) is 6.04 Å². The topological polar surface area (TPSA) is 51.5 Å². The van der Waals surface area contributed by atoms with Crippen LogP contribution in [0.1, 0.15) is 34.8 Å². The van der Waals surface area contributed by atoms with Crippen LogP contribution in [-0.2, 0) is 6.61 Å². The Morgan fingerprint density at radius 2 is 1.62 bits per heavy atom. The minimum absolute atomic E-state index is 0.117. The molecule has 26 heavy (non-hydrogen) atoms. The zero-order chi connectivity index (χ0) is 18.5. The van der Waals surface area contributed by atoms with Crippen molar-refractivity contribution >= 4 is 5.91 Å². The number of benzene rings is 2. The number of carbonyl (C=O) groups is 1. The van der Waals surface area contributed by atoms with Crippen LogP contribution < -0.4 is 10.1 Å². The van der Waals surface area contributed by atoms with Gasteiger partial charge in [-0.1, -0.05) is 12.1 Å². The van der Waals surface area contributed by atoms with E-state index in [1.807, 2.05) is 0 Å². The highest BCUT2D eigenvalue weighted by Gasteiger charge is 2.15. The Hall–Kier alpha value is -3.15. The second-order valence-corrected chi connectivity index (χ2v) is 5.76. The number of carbonyl (C=O) groups excluding carboxylic acids is 1. The number of hydrogen-bond donors (Lipinski definition) is 1. The maximum atomic E-state index is 13.0. The lowest BCUT2D eigenvalue weighted by Crippen LogP contribution is -2.26. The van der Waals surface area contributed by atoms with Crippen LogP contribution in [0.3, 0.4) is 0 Å². The Bertz CT molecular complexity index is 873. The van der Waals surface area contributed by atoms with E-state index in [1.165, 1.54) is 36.4 Å². The molecule has 0 saturated carbocycles. The normalized spacial score (nSPS) is 11.8. The summed E-state index contributed by atoms with van der Waals surface area (Å²) in [4.78, 5) is 12.3. The number of rotatable bonds is 6. The van der Waals surface area contributed by atoms with E-state index < -0.39 is 0 Å². The lowest BCUT2D eigenvalue weighted by Gasteiger charge is -2.13. The SMILES string of the molecule is CC(NC(=O)c1ccc(COc2ccc(F)cc2)o1)c1ccc(F)cc1. The monoisotopic (exact) mass is 357 g/mol. The molecule has 1 N–H and O–H groups in total. The largest absolute Gasteiger partial charge is 0.486 e. The summed E-state index contributed by atoms with van der Waals surface area (Å²) in [6.45, 7) is 1.92. The van der Waals surface area contributed by atoms with Crippen molar-refractivity contribution in [2.45, 2.75) is 19.6 Å². The molecule has 1 unspecified atom stereocenters. The minimum Gasteiger partial charge on any atom is -0.486 e. The second-order valence-electron chi connectivity index (χ2n) is 5.76. The fourth-order valence-electron chi connectivity index (χ4n) is 2.37. The zero-order valence-electron chi connectivity index (χ0n) is 14.0. The molecule has 3 aromatic rings. The first-order chi connectivity index (χ1) is 12.5. The van der Waals surface area contributed by atoms with Crippen molar-refractivity contribution in [3.63, 3.8) is 0 Å². The molecule has 1 atom stereocenters. The summed E-state index contributed by atoms with van der Waals surface area (Å²) in [5.41, 5.74) is 0.783. The fourth-order valence-corrected chi connectivity index (χ4v) is 2.37. The molecule has 0 aliphatic carbocycles. The van der Waals surface area contributed by atoms with Crippen LogP contribution in [0.15, 0.2) is 65.1 Å². The Balaban J connectivity index is 1.57. The molecule has 0 radical (unpaired) electrons. The van der Waals surface area contributed by atoms with Gasteiger partial charge in [0.15, 0.2) is 5.76 Å². The number of furan rings is 1. The van der Waals surface area contributed by atoms with Gasteiger partial charge >= 0.3 is 0 Å². The smallest absolute Gasteiger partial charge is 0.287 e. The summed E-state index contributed by atoms with van der Waals surface area (Å²) in [5, 5.41) is 2.79. The number of halogens is 2. The van der Waals surface area contributed by atoms with Crippen molar-refractivity contribution in [2.24, 2.45) is 0 Å². The molecule has 0 fully saturated rings. The molecule has 2 aromatic carbocycles. The molecule has 1 heterocycles. The van der Waals surface area contributed by atoms with Gasteiger partial charge in [0.1, 0.15) is 29.8 Å². The molecule has 134 valence electrons. The van der Waals surface area contributed by atoms with Crippen LogP contribution >= 0.6 is 0 Å². The van der Waals surface area contributed by atoms with Crippen LogP contribution in [0.5, 0.6) is 5.75 Å². The first kappa shape index (κ1) is 17.7. The van der Waals surface area contributed by atoms with E-state index in [2.05, 4.69) is 5.32 Å². The Morgan fingerprint density at radius 1 is 1.00 bits per heavy atom. The standard InChI is InChI=1S/C20H17F2NO3/c1-13(14-2-4-15(21)5-3-14)23-20(24)19-11-10-18(26-19)12-25-17-8-6-16(22)7-9-17/h2-11,13H,12H2,1H3,(H,23,24). The highest BCUT2D eigenvalue weighted by Crippen LogP contribution is 2.17. The second kappa shape index (κ2) is 7.82. The van der Waals surface area contributed by atoms with Gasteiger partial charge in [-0.3, -0.25) is 4.79 Å². The lowest BCUT2D eigenvalue weighted by atomic mass is 10.1. The first-order valence-electron chi connectivity index (χ1n) is 8.04. The number of amides is 1. The quantitative estimate of drug-likeness (QED) is 0.700. The molecule has 0 aliphatic rings. The predicted molar refractivity (Wildman–Crippen MR) is 91.7 cm³/mol. The number of nitrogens with one attached hydrogen (secondary N) is 1. The van der Waals surface area contributed by atoms with Crippen LogP contribution in [0.25, 0.3) is 0 Å². The molecule has 0 bridgehead atoms. The molecule has 1 amide bonds. The molecule has 4 nitrogen and oxygen atoms in total. The van der Waals surface area contributed by atoms with Gasteiger partial charge < -0.3 is 14.5 Å². The average Bonchev–Trinajstić information content (AvgIpc) is 3.11. The van der Waals surface area contributed by atoms with E-state index >= 15 is 0 Å². The van der Waals surface area contributed by atoms with Crippen molar-refractivity contribution in [3.8, 4) is 5.75 Å². The van der Waals surface area contributed by atoms with Gasteiger partial charge in [-0.25, -0.2) is 8.78 Å². The van der Waals surface area contributed by atoms with Gasteiger partial charge in [-0.15, -0.1) is 0 Å². The first-order valence-corrected chi connectivity index (χ1v) is 8.04. The summed E-state index contributed by atoms with van der Waals surface area (Å²) >= 11 is 0. The summed E-state index contributed by atoms with van der Waals surface area (Å²) in [7, 11) is 0. The predicted octanol–water partition coefficient (Wildman–Crippen LogP) is 4.63. The third kappa shape index (κ3) is 4.47. The van der Waals surface area contributed by atoms with E-state index in [1.54, 1.807) is 31.2 Å². The Labute approximate surface area is 149 Å². The molecule has 0 saturated heterocycles. The van der Waals surface area contributed by atoms with Crippen molar-refractivity contribution in [1.29, 1.82) is 0 Å². The van der Waals surface area contributed by atoms with Crippen molar-refractivity contribution in [3.05, 3.63) is 89.4 Å². The van der Waals surface area contributed by atoms with Gasteiger partial charge in [-0.05, 0) is 61.0 Å². The van der Waals surface area contributed by atoms with E-state index in [-0.39, 0.29) is 36.0 Å². The summed E-state index contributed by atoms with van der Waals surface area (Å²) in [5.74, 6) is 0.0628. The molecular weight excluding hydrogens is 340 g/mol. The highest BCUT2D eigenvalue weighted by molar-refractivity contribution is 5.91. The molecule has 1 aromatic heterocycles. The summed E-state index contributed by atoms with van der Waals surface area (Å²) in [6.07, 6.45) is 0. The Kier molecular flexibility index (Phi) is 5.31. The van der Waals surface area contributed by atoms with Gasteiger partial charge in [-0.2, -0.15) is 0 Å². The van der Waals surface area contributed by atoms with E-state index in [4.69, 9.17) is 9.15 Å². The van der Waals surface area contributed by atoms with Crippen molar-refractivity contribution < 1.29 is 22.7 Å². The Morgan fingerprint density at radius 3 is 2.27 bits per heavy atom. The molecule has 3 rings (SSSR count). The summed E-state index contributed by atoms with van der Waals surface area (Å²) < 4.78 is 36.8. The van der Waals surface area contributed by atoms with Crippen molar-refractivity contribution in [1.82, 2.24) is 5.32 Å². The maximum Gasteiger partial charge on any atom is 0.287 e. The zero-order valence-corrected chi connectivity index (χ0v) is 14.0. The molecular formula is C20H17F2NO3. The molecule has 6 heteroatoms.